The van der Waals surface area contributed by atoms with Crippen LogP contribution in [0.15, 0.2) is 97.1 Å². The molecule has 6 nitrogen and oxygen atoms in total. The van der Waals surface area contributed by atoms with E-state index in [2.05, 4.69) is 36.4 Å². The third kappa shape index (κ3) is 8.03. The van der Waals surface area contributed by atoms with Crippen molar-refractivity contribution in [2.24, 2.45) is 11.5 Å². The first-order valence-electron chi connectivity index (χ1n) is 14.6. The first-order chi connectivity index (χ1) is 20.2. The molecule has 214 valence electrons. The van der Waals surface area contributed by atoms with Crippen molar-refractivity contribution >= 4 is 0 Å². The van der Waals surface area contributed by atoms with Crippen LogP contribution in [0.3, 0.4) is 0 Å². The van der Waals surface area contributed by atoms with E-state index in [0.717, 1.165) is 55.1 Å². The predicted molar refractivity (Wildman–Crippen MR) is 164 cm³/mol. The van der Waals surface area contributed by atoms with Gasteiger partial charge in [-0.15, -0.1) is 0 Å². The molecule has 0 saturated heterocycles. The highest BCUT2D eigenvalue weighted by Crippen LogP contribution is 2.40. The number of hydrogen-bond acceptors (Lipinski definition) is 6. The molecule has 4 N–H and O–H groups in total. The third-order valence-electron chi connectivity index (χ3n) is 7.31. The van der Waals surface area contributed by atoms with Gasteiger partial charge < -0.3 is 30.4 Å². The van der Waals surface area contributed by atoms with E-state index in [-0.39, 0.29) is 12.2 Å². The van der Waals surface area contributed by atoms with Gasteiger partial charge in [0.05, 0.1) is 13.2 Å². The van der Waals surface area contributed by atoms with E-state index in [1.54, 1.807) is 0 Å². The smallest absolute Gasteiger partial charge is 0.119 e. The van der Waals surface area contributed by atoms with Crippen LogP contribution in [0.1, 0.15) is 36.8 Å². The molecule has 0 radical (unpaired) electrons. The first kappa shape index (κ1) is 28.5. The summed E-state index contributed by atoms with van der Waals surface area (Å²) in [4.78, 5) is 0. The molecule has 0 bridgehead atoms. The van der Waals surface area contributed by atoms with Crippen molar-refractivity contribution in [3.63, 3.8) is 0 Å². The highest BCUT2D eigenvalue weighted by molar-refractivity contribution is 5.78. The molecule has 0 heterocycles. The van der Waals surface area contributed by atoms with Crippen LogP contribution in [0.25, 0.3) is 11.1 Å². The van der Waals surface area contributed by atoms with E-state index < -0.39 is 0 Å². The van der Waals surface area contributed by atoms with E-state index in [1.165, 1.54) is 22.3 Å². The monoisotopic (exact) mass is 552 g/mol. The maximum absolute atomic E-state index is 6.14. The lowest BCUT2D eigenvalue weighted by Gasteiger charge is -2.19. The molecular formula is C35H40N2O4. The molecule has 4 aromatic rings. The van der Waals surface area contributed by atoms with Gasteiger partial charge in [-0.25, -0.2) is 0 Å². The molecule has 5 rings (SSSR count). The topological polar surface area (TPSA) is 89.0 Å². The molecule has 0 amide bonds. The van der Waals surface area contributed by atoms with Crippen molar-refractivity contribution in [3.8, 4) is 34.1 Å². The number of benzene rings is 4. The van der Waals surface area contributed by atoms with Gasteiger partial charge in [-0.3, -0.25) is 0 Å². The van der Waals surface area contributed by atoms with Crippen molar-refractivity contribution in [3.05, 3.63) is 108 Å². The Morgan fingerprint density at radius 3 is 1.37 bits per heavy atom. The van der Waals surface area contributed by atoms with E-state index >= 15 is 0 Å². The average molecular weight is 553 g/mol. The van der Waals surface area contributed by atoms with Crippen molar-refractivity contribution < 1.29 is 18.9 Å². The van der Waals surface area contributed by atoms with Gasteiger partial charge in [0.15, 0.2) is 0 Å². The fourth-order valence-electron chi connectivity index (χ4n) is 5.24. The predicted octanol–water partition coefficient (Wildman–Crippen LogP) is 6.39. The van der Waals surface area contributed by atoms with E-state index in [4.69, 9.17) is 30.4 Å². The van der Waals surface area contributed by atoms with Gasteiger partial charge in [0, 0.05) is 12.8 Å². The highest BCUT2D eigenvalue weighted by atomic mass is 16.5. The summed E-state index contributed by atoms with van der Waals surface area (Å²) < 4.78 is 24.5. The largest absolute Gasteiger partial charge is 0.493 e. The second-order valence-corrected chi connectivity index (χ2v) is 10.3. The Morgan fingerprint density at radius 1 is 0.512 bits per heavy atom. The number of fused-ring (bicyclic) bond motifs is 3. The van der Waals surface area contributed by atoms with Crippen molar-refractivity contribution in [2.75, 3.05) is 26.3 Å². The fourth-order valence-corrected chi connectivity index (χ4v) is 5.24. The van der Waals surface area contributed by atoms with Crippen LogP contribution < -0.4 is 30.4 Å². The first-order valence-corrected chi connectivity index (χ1v) is 14.6. The molecule has 2 atom stereocenters. The zero-order chi connectivity index (χ0) is 28.3. The number of rotatable bonds is 16. The summed E-state index contributed by atoms with van der Waals surface area (Å²) in [7, 11) is 0. The summed E-state index contributed by atoms with van der Waals surface area (Å²) in [6, 6.07) is 32.5. The van der Waals surface area contributed by atoms with Crippen LogP contribution in [-0.4, -0.2) is 38.5 Å². The molecule has 0 aromatic heterocycles. The molecule has 0 saturated carbocycles. The van der Waals surface area contributed by atoms with Gasteiger partial charge in [-0.1, -0.05) is 48.5 Å². The van der Waals surface area contributed by atoms with Crippen LogP contribution in [0, 0.1) is 0 Å². The van der Waals surface area contributed by atoms with Crippen LogP contribution in [-0.2, 0) is 6.42 Å². The zero-order valence-corrected chi connectivity index (χ0v) is 23.5. The van der Waals surface area contributed by atoms with Crippen LogP contribution in [0.2, 0.25) is 0 Å². The minimum absolute atomic E-state index is 0.0231. The minimum atomic E-state index is 0.0231. The lowest BCUT2D eigenvalue weighted by Crippen LogP contribution is -2.23. The molecule has 1 aliphatic rings. The molecule has 4 aromatic carbocycles. The van der Waals surface area contributed by atoms with Crippen LogP contribution in [0.5, 0.6) is 23.0 Å². The molecule has 41 heavy (non-hydrogen) atoms. The third-order valence-corrected chi connectivity index (χ3v) is 7.31. The maximum Gasteiger partial charge on any atom is 0.119 e. The summed E-state index contributed by atoms with van der Waals surface area (Å²) in [5.41, 5.74) is 16.7. The van der Waals surface area contributed by atoms with E-state index in [0.29, 0.717) is 26.3 Å². The second-order valence-electron chi connectivity index (χ2n) is 10.3. The highest BCUT2D eigenvalue weighted by Gasteiger charge is 2.20. The zero-order valence-electron chi connectivity index (χ0n) is 23.5. The van der Waals surface area contributed by atoms with Crippen LogP contribution in [0.4, 0.5) is 0 Å². The number of ether oxygens (including phenoxy) is 4. The van der Waals surface area contributed by atoms with E-state index in [9.17, 15) is 0 Å². The van der Waals surface area contributed by atoms with Gasteiger partial charge in [-0.05, 0) is 103 Å². The van der Waals surface area contributed by atoms with Crippen molar-refractivity contribution in [1.29, 1.82) is 0 Å². The van der Waals surface area contributed by atoms with E-state index in [1.807, 2.05) is 60.7 Å². The molecule has 2 unspecified atom stereocenters. The summed E-state index contributed by atoms with van der Waals surface area (Å²) >= 11 is 0. The molecule has 1 aliphatic carbocycles. The Kier molecular flexibility index (Phi) is 10.1. The Labute approximate surface area is 243 Å². The number of hydrogen-bond donors (Lipinski definition) is 2. The summed E-state index contributed by atoms with van der Waals surface area (Å²) in [5, 5.41) is 0. The molecule has 0 fully saturated rings. The Morgan fingerprint density at radius 2 is 0.951 bits per heavy atom. The van der Waals surface area contributed by atoms with Gasteiger partial charge in [0.1, 0.15) is 35.2 Å². The summed E-state index contributed by atoms with van der Waals surface area (Å²) in [6.07, 6.45) is 4.02. The van der Waals surface area contributed by atoms with Gasteiger partial charge in [-0.2, -0.15) is 0 Å². The molecule has 6 heteroatoms. The standard InChI is InChI=1S/C35H40N2O4/c36-19-15-30(40-28-7-3-1-4-8-28)17-21-38-32-11-13-34-26(24-32)23-27-25-33(12-14-35(27)34)39-22-18-31(16-20-37)41-29-9-5-2-6-10-29/h1-14,24-25,30-31H,15-23,36-37H2. The molecule has 0 spiro atoms. The van der Waals surface area contributed by atoms with Crippen molar-refractivity contribution in [2.45, 2.75) is 44.3 Å². The SMILES string of the molecule is NCCC(CCOc1ccc2c(c1)Cc1cc(OCCC(CCN)Oc3ccccc3)ccc1-2)Oc1ccccc1. The molecular weight excluding hydrogens is 512 g/mol. The number of para-hydroxylation sites is 2. The van der Waals surface area contributed by atoms with Gasteiger partial charge in [0.25, 0.3) is 0 Å². The van der Waals surface area contributed by atoms with Gasteiger partial charge >= 0.3 is 0 Å². The Hall–Kier alpha value is -4.00. The lowest BCUT2D eigenvalue weighted by molar-refractivity contribution is 0.155. The number of nitrogens with two attached hydrogens (primary N) is 2. The second kappa shape index (κ2) is 14.6. The Bertz CT molecular complexity index is 1260. The van der Waals surface area contributed by atoms with Gasteiger partial charge in [0.2, 0.25) is 0 Å². The normalized spacial score (nSPS) is 13.1. The van der Waals surface area contributed by atoms with Crippen molar-refractivity contribution in [1.82, 2.24) is 0 Å². The lowest BCUT2D eigenvalue weighted by atomic mass is 10.1. The fraction of sp³-hybridized carbons (Fsp3) is 0.314. The quantitative estimate of drug-likeness (QED) is 0.148. The molecule has 0 aliphatic heterocycles. The summed E-state index contributed by atoms with van der Waals surface area (Å²) in [5.74, 6) is 3.48. The summed E-state index contributed by atoms with van der Waals surface area (Å²) in [6.45, 7) is 2.30. The van der Waals surface area contributed by atoms with Crippen LogP contribution >= 0.6 is 0 Å². The average Bonchev–Trinajstić information content (AvgIpc) is 3.35. The minimum Gasteiger partial charge on any atom is -0.493 e. The maximum atomic E-state index is 6.14. The Balaban J connectivity index is 1.12.